The molecular weight excluding hydrogens is 433 g/mol. The number of hydrogen-bond donors (Lipinski definition) is 3. The van der Waals surface area contributed by atoms with Gasteiger partial charge in [-0.25, -0.2) is 0 Å². The maximum atomic E-state index is 13.1. The molecule has 1 aliphatic heterocycles. The second-order valence-electron chi connectivity index (χ2n) is 7.54. The Hall–Kier alpha value is -2.62. The number of carbonyl (C=O) groups excluding carboxylic acids is 2. The third kappa shape index (κ3) is 5.17. The normalized spacial score (nSPS) is 21.8. The van der Waals surface area contributed by atoms with E-state index < -0.39 is 35.3 Å². The molecule has 3 rings (SSSR count). The third-order valence-corrected chi connectivity index (χ3v) is 5.66. The molecular formula is C21H22ClF3N4O2. The van der Waals surface area contributed by atoms with E-state index in [0.717, 1.165) is 17.7 Å². The minimum Gasteiger partial charge on any atom is -0.369 e. The van der Waals surface area contributed by atoms with Gasteiger partial charge in [-0.2, -0.15) is 13.2 Å². The summed E-state index contributed by atoms with van der Waals surface area (Å²) in [4.78, 5) is 26.3. The van der Waals surface area contributed by atoms with Crippen LogP contribution in [0.4, 0.5) is 13.2 Å². The fraction of sp³-hybridized carbons (Fsp3) is 0.333. The van der Waals surface area contributed by atoms with Gasteiger partial charge in [0.25, 0.3) is 5.91 Å². The van der Waals surface area contributed by atoms with Gasteiger partial charge in [-0.05, 0) is 42.3 Å². The van der Waals surface area contributed by atoms with Crippen molar-refractivity contribution in [3.63, 3.8) is 0 Å². The molecule has 0 aromatic heterocycles. The molecule has 2 amide bonds. The number of alkyl halides is 3. The van der Waals surface area contributed by atoms with Crippen molar-refractivity contribution in [3.05, 3.63) is 70.2 Å². The average Bonchev–Trinajstić information content (AvgIpc) is 2.98. The topological polar surface area (TPSA) is 101 Å². The number of carbonyl (C=O) groups is 2. The monoisotopic (exact) mass is 454 g/mol. The molecule has 0 spiro atoms. The Kier molecular flexibility index (Phi) is 6.59. The summed E-state index contributed by atoms with van der Waals surface area (Å²) in [6.07, 6.45) is -3.91. The van der Waals surface area contributed by atoms with E-state index in [-0.39, 0.29) is 18.5 Å². The van der Waals surface area contributed by atoms with Crippen LogP contribution in [-0.4, -0.2) is 41.5 Å². The Morgan fingerprint density at radius 1 is 1.19 bits per heavy atom. The van der Waals surface area contributed by atoms with Crippen LogP contribution < -0.4 is 16.8 Å². The molecule has 0 aliphatic carbocycles. The standard InChI is InChI=1S/C21H22ClF3N4O2/c22-16-6-4-13(5-7-16)11-20(17(26)8-9-29(20)12-18(27)30)28-19(31)14-2-1-3-15(10-14)21(23,24)25/h1-7,10,17H,8-9,11-12,26H2,(H2,27,30)(H,28,31). The molecule has 2 aromatic carbocycles. The van der Waals surface area contributed by atoms with E-state index in [1.54, 1.807) is 29.2 Å². The smallest absolute Gasteiger partial charge is 0.369 e. The molecule has 2 atom stereocenters. The van der Waals surface area contributed by atoms with Gasteiger partial charge in [0, 0.05) is 29.6 Å². The molecule has 10 heteroatoms. The molecule has 1 aliphatic rings. The van der Waals surface area contributed by atoms with Crippen LogP contribution in [0.5, 0.6) is 0 Å². The summed E-state index contributed by atoms with van der Waals surface area (Å²) in [6, 6.07) is 10.4. The van der Waals surface area contributed by atoms with Crippen molar-refractivity contribution < 1.29 is 22.8 Å². The number of nitrogens with two attached hydrogens (primary N) is 2. The number of primary amides is 1. The summed E-state index contributed by atoms with van der Waals surface area (Å²) < 4.78 is 39.2. The minimum absolute atomic E-state index is 0.163. The Bertz CT molecular complexity index is 968. The third-order valence-electron chi connectivity index (χ3n) is 5.40. The summed E-state index contributed by atoms with van der Waals surface area (Å²) in [6.45, 7) is 0.227. The van der Waals surface area contributed by atoms with Crippen LogP contribution >= 0.6 is 11.6 Å². The van der Waals surface area contributed by atoms with Crippen LogP contribution in [0.2, 0.25) is 5.02 Å². The number of nitrogens with zero attached hydrogens (tertiary/aromatic N) is 1. The van der Waals surface area contributed by atoms with Crippen molar-refractivity contribution in [2.75, 3.05) is 13.1 Å². The van der Waals surface area contributed by atoms with E-state index >= 15 is 0 Å². The highest BCUT2D eigenvalue weighted by Crippen LogP contribution is 2.32. The van der Waals surface area contributed by atoms with Gasteiger partial charge in [-0.15, -0.1) is 0 Å². The first-order chi connectivity index (χ1) is 14.5. The van der Waals surface area contributed by atoms with E-state index in [2.05, 4.69) is 5.32 Å². The van der Waals surface area contributed by atoms with Crippen LogP contribution in [0, 0.1) is 0 Å². The van der Waals surface area contributed by atoms with Gasteiger partial charge in [0.05, 0.1) is 12.1 Å². The predicted molar refractivity (Wildman–Crippen MR) is 110 cm³/mol. The van der Waals surface area contributed by atoms with Gasteiger partial charge < -0.3 is 16.8 Å². The zero-order valence-corrected chi connectivity index (χ0v) is 17.2. The van der Waals surface area contributed by atoms with Crippen molar-refractivity contribution in [1.82, 2.24) is 10.2 Å². The Morgan fingerprint density at radius 2 is 1.87 bits per heavy atom. The number of likely N-dealkylation sites (tertiary alicyclic amines) is 1. The predicted octanol–water partition coefficient (Wildman–Crippen LogP) is 2.55. The van der Waals surface area contributed by atoms with Crippen molar-refractivity contribution in [2.45, 2.75) is 30.7 Å². The molecule has 6 nitrogen and oxygen atoms in total. The molecule has 1 fully saturated rings. The second-order valence-corrected chi connectivity index (χ2v) is 7.98. The van der Waals surface area contributed by atoms with E-state index in [1.165, 1.54) is 12.1 Å². The highest BCUT2D eigenvalue weighted by atomic mass is 35.5. The zero-order valence-electron chi connectivity index (χ0n) is 16.5. The fourth-order valence-corrected chi connectivity index (χ4v) is 3.98. The molecule has 0 radical (unpaired) electrons. The number of amides is 2. The summed E-state index contributed by atoms with van der Waals surface area (Å²) in [5, 5.41) is 3.33. The molecule has 0 bridgehead atoms. The Labute approximate surface area is 182 Å². The summed E-state index contributed by atoms with van der Waals surface area (Å²) >= 11 is 5.95. The first kappa shape index (κ1) is 23.1. The highest BCUT2D eigenvalue weighted by molar-refractivity contribution is 6.30. The maximum absolute atomic E-state index is 13.1. The Morgan fingerprint density at radius 3 is 2.48 bits per heavy atom. The SMILES string of the molecule is NC(=O)CN1CCC(N)C1(Cc1ccc(Cl)cc1)NC(=O)c1cccc(C(F)(F)F)c1. The van der Waals surface area contributed by atoms with Gasteiger partial charge in [0.15, 0.2) is 0 Å². The molecule has 31 heavy (non-hydrogen) atoms. The van der Waals surface area contributed by atoms with Crippen LogP contribution in [0.1, 0.15) is 27.9 Å². The molecule has 5 N–H and O–H groups in total. The molecule has 0 saturated carbocycles. The van der Waals surface area contributed by atoms with Crippen LogP contribution in [0.25, 0.3) is 0 Å². The first-order valence-electron chi connectivity index (χ1n) is 9.54. The van der Waals surface area contributed by atoms with E-state index in [4.69, 9.17) is 23.1 Å². The van der Waals surface area contributed by atoms with Gasteiger partial charge in [-0.3, -0.25) is 14.5 Å². The van der Waals surface area contributed by atoms with Gasteiger partial charge in [0.2, 0.25) is 5.91 Å². The van der Waals surface area contributed by atoms with Crippen LogP contribution in [0.15, 0.2) is 48.5 Å². The fourth-order valence-electron chi connectivity index (χ4n) is 3.85. The lowest BCUT2D eigenvalue weighted by molar-refractivity contribution is -0.137. The van der Waals surface area contributed by atoms with Gasteiger partial charge in [0.1, 0.15) is 5.66 Å². The van der Waals surface area contributed by atoms with Crippen LogP contribution in [0.3, 0.4) is 0 Å². The van der Waals surface area contributed by atoms with Crippen molar-refractivity contribution >= 4 is 23.4 Å². The first-order valence-corrected chi connectivity index (χ1v) is 9.92. The maximum Gasteiger partial charge on any atom is 0.416 e. The lowest BCUT2D eigenvalue weighted by atomic mass is 9.92. The minimum atomic E-state index is -4.58. The second kappa shape index (κ2) is 8.86. The summed E-state index contributed by atoms with van der Waals surface area (Å²) in [7, 11) is 0. The number of hydrogen-bond acceptors (Lipinski definition) is 4. The largest absolute Gasteiger partial charge is 0.416 e. The lowest BCUT2D eigenvalue weighted by Gasteiger charge is -2.42. The molecule has 1 saturated heterocycles. The number of rotatable bonds is 6. The quantitative estimate of drug-likeness (QED) is 0.624. The number of benzene rings is 2. The zero-order chi connectivity index (χ0) is 22.8. The van der Waals surface area contributed by atoms with Crippen LogP contribution in [-0.2, 0) is 17.4 Å². The van der Waals surface area contributed by atoms with E-state index in [0.29, 0.717) is 18.0 Å². The van der Waals surface area contributed by atoms with Gasteiger partial charge >= 0.3 is 6.18 Å². The highest BCUT2D eigenvalue weighted by Gasteiger charge is 2.48. The van der Waals surface area contributed by atoms with Crippen molar-refractivity contribution in [1.29, 1.82) is 0 Å². The Balaban J connectivity index is 1.97. The average molecular weight is 455 g/mol. The van der Waals surface area contributed by atoms with E-state index in [9.17, 15) is 22.8 Å². The van der Waals surface area contributed by atoms with Crippen molar-refractivity contribution in [2.24, 2.45) is 11.5 Å². The molecule has 1 heterocycles. The summed E-state index contributed by atoms with van der Waals surface area (Å²) in [5.41, 5.74) is 10.2. The molecule has 2 aromatic rings. The number of nitrogens with one attached hydrogen (secondary N) is 1. The summed E-state index contributed by atoms with van der Waals surface area (Å²) in [5.74, 6) is -1.34. The molecule has 166 valence electrons. The molecule has 2 unspecified atom stereocenters. The van der Waals surface area contributed by atoms with Crippen molar-refractivity contribution in [3.8, 4) is 0 Å². The van der Waals surface area contributed by atoms with Gasteiger partial charge in [-0.1, -0.05) is 29.8 Å². The lowest BCUT2D eigenvalue weighted by Crippen LogP contribution is -2.67. The number of halogens is 4. The van der Waals surface area contributed by atoms with E-state index in [1.807, 2.05) is 0 Å².